The number of benzene rings is 1. The number of carbonyl (C=O) groups excluding carboxylic acids is 4. The first-order valence-corrected chi connectivity index (χ1v) is 8.25. The van der Waals surface area contributed by atoms with Crippen LogP contribution in [0, 0.1) is 0 Å². The third-order valence-electron chi connectivity index (χ3n) is 3.44. The van der Waals surface area contributed by atoms with E-state index in [1.54, 1.807) is 24.3 Å². The van der Waals surface area contributed by atoms with E-state index in [0.717, 1.165) is 6.42 Å². The average Bonchev–Trinajstić information content (AvgIpc) is 2.63. The van der Waals surface area contributed by atoms with Crippen molar-refractivity contribution in [3.8, 4) is 5.75 Å². The van der Waals surface area contributed by atoms with Crippen LogP contribution in [0.3, 0.4) is 0 Å². The SMILES string of the molecule is CCCNC(=O)CNC(=O)COC(=O)C[C@H]1Oc2ccccc2NC1=O. The molecular formula is C17H21N3O6. The van der Waals surface area contributed by atoms with Gasteiger partial charge in [-0.25, -0.2) is 0 Å². The molecule has 0 spiro atoms. The number of para-hydroxylation sites is 2. The molecule has 26 heavy (non-hydrogen) atoms. The molecule has 2 rings (SSSR count). The van der Waals surface area contributed by atoms with Crippen LogP contribution in [-0.2, 0) is 23.9 Å². The third-order valence-corrected chi connectivity index (χ3v) is 3.44. The van der Waals surface area contributed by atoms with Crippen molar-refractivity contribution in [2.45, 2.75) is 25.9 Å². The summed E-state index contributed by atoms with van der Waals surface area (Å²) < 4.78 is 10.3. The lowest BCUT2D eigenvalue weighted by atomic mass is 10.1. The highest BCUT2D eigenvalue weighted by Crippen LogP contribution is 2.29. The van der Waals surface area contributed by atoms with Crippen LogP contribution in [0.5, 0.6) is 5.75 Å². The molecule has 140 valence electrons. The molecule has 1 aromatic rings. The lowest BCUT2D eigenvalue weighted by molar-refractivity contribution is -0.151. The molecule has 1 heterocycles. The summed E-state index contributed by atoms with van der Waals surface area (Å²) >= 11 is 0. The van der Waals surface area contributed by atoms with E-state index in [4.69, 9.17) is 9.47 Å². The van der Waals surface area contributed by atoms with Crippen molar-refractivity contribution < 1.29 is 28.7 Å². The van der Waals surface area contributed by atoms with Crippen LogP contribution in [-0.4, -0.2) is 49.5 Å². The Balaban J connectivity index is 1.71. The van der Waals surface area contributed by atoms with Gasteiger partial charge in [0.1, 0.15) is 5.75 Å². The van der Waals surface area contributed by atoms with E-state index in [9.17, 15) is 19.2 Å². The van der Waals surface area contributed by atoms with Gasteiger partial charge in [0.15, 0.2) is 12.7 Å². The summed E-state index contributed by atoms with van der Waals surface area (Å²) in [5, 5.41) is 7.56. The lowest BCUT2D eigenvalue weighted by Crippen LogP contribution is -2.40. The number of rotatable bonds is 8. The Morgan fingerprint density at radius 2 is 1.96 bits per heavy atom. The standard InChI is InChI=1S/C17H21N3O6/c1-2-7-18-14(21)9-19-15(22)10-25-16(23)8-13-17(24)20-11-5-3-4-6-12(11)26-13/h3-6,13H,2,7-10H2,1H3,(H,18,21)(H,19,22)(H,20,24)/t13-/m1/s1. The highest BCUT2D eigenvalue weighted by atomic mass is 16.5. The van der Waals surface area contributed by atoms with Gasteiger partial charge in [0.2, 0.25) is 5.91 Å². The van der Waals surface area contributed by atoms with Crippen LogP contribution in [0.15, 0.2) is 24.3 Å². The summed E-state index contributed by atoms with van der Waals surface area (Å²) in [4.78, 5) is 46.7. The zero-order valence-electron chi connectivity index (χ0n) is 14.4. The van der Waals surface area contributed by atoms with Crippen molar-refractivity contribution >= 4 is 29.4 Å². The van der Waals surface area contributed by atoms with Crippen molar-refractivity contribution in [3.63, 3.8) is 0 Å². The first-order valence-electron chi connectivity index (χ1n) is 8.25. The second-order valence-electron chi connectivity index (χ2n) is 5.58. The lowest BCUT2D eigenvalue weighted by Gasteiger charge is -2.25. The zero-order chi connectivity index (χ0) is 18.9. The van der Waals surface area contributed by atoms with E-state index >= 15 is 0 Å². The second kappa shape index (κ2) is 9.40. The normalized spacial score (nSPS) is 15.1. The molecule has 9 nitrogen and oxygen atoms in total. The molecular weight excluding hydrogens is 342 g/mol. The zero-order valence-corrected chi connectivity index (χ0v) is 14.4. The van der Waals surface area contributed by atoms with Crippen molar-refractivity contribution in [3.05, 3.63) is 24.3 Å². The third kappa shape index (κ3) is 5.76. The van der Waals surface area contributed by atoms with Crippen LogP contribution in [0.1, 0.15) is 19.8 Å². The van der Waals surface area contributed by atoms with Crippen LogP contribution >= 0.6 is 0 Å². The maximum absolute atomic E-state index is 11.9. The van der Waals surface area contributed by atoms with Gasteiger partial charge in [-0.1, -0.05) is 19.1 Å². The number of fused-ring (bicyclic) bond motifs is 1. The fourth-order valence-corrected chi connectivity index (χ4v) is 2.14. The Morgan fingerprint density at radius 1 is 1.19 bits per heavy atom. The minimum absolute atomic E-state index is 0.193. The summed E-state index contributed by atoms with van der Waals surface area (Å²) in [6.45, 7) is 1.70. The van der Waals surface area contributed by atoms with Crippen molar-refractivity contribution in [1.82, 2.24) is 10.6 Å². The molecule has 0 saturated heterocycles. The van der Waals surface area contributed by atoms with Gasteiger partial charge in [0.05, 0.1) is 18.7 Å². The van der Waals surface area contributed by atoms with E-state index < -0.39 is 30.5 Å². The number of hydrogen-bond donors (Lipinski definition) is 3. The van der Waals surface area contributed by atoms with Gasteiger partial charge in [-0.15, -0.1) is 0 Å². The molecule has 3 amide bonds. The Labute approximate surface area is 150 Å². The quantitative estimate of drug-likeness (QED) is 0.557. The maximum Gasteiger partial charge on any atom is 0.310 e. The monoisotopic (exact) mass is 363 g/mol. The van der Waals surface area contributed by atoms with Crippen molar-refractivity contribution in [1.29, 1.82) is 0 Å². The van der Waals surface area contributed by atoms with Gasteiger partial charge in [-0.2, -0.15) is 0 Å². The van der Waals surface area contributed by atoms with Gasteiger partial charge < -0.3 is 25.4 Å². The number of hydrogen-bond acceptors (Lipinski definition) is 6. The van der Waals surface area contributed by atoms with Crippen LogP contribution in [0.2, 0.25) is 0 Å². The maximum atomic E-state index is 11.9. The number of nitrogens with one attached hydrogen (secondary N) is 3. The largest absolute Gasteiger partial charge is 0.478 e. The van der Waals surface area contributed by atoms with Crippen LogP contribution < -0.4 is 20.7 Å². The molecule has 9 heteroatoms. The predicted molar refractivity (Wildman–Crippen MR) is 91.4 cm³/mol. The van der Waals surface area contributed by atoms with Gasteiger partial charge in [-0.3, -0.25) is 19.2 Å². The van der Waals surface area contributed by atoms with Gasteiger partial charge in [0.25, 0.3) is 11.8 Å². The molecule has 0 aliphatic carbocycles. The summed E-state index contributed by atoms with van der Waals surface area (Å²) in [5.74, 6) is -1.68. The molecule has 1 atom stereocenters. The summed E-state index contributed by atoms with van der Waals surface area (Å²) in [6, 6.07) is 6.85. The molecule has 1 aliphatic rings. The summed E-state index contributed by atoms with van der Waals surface area (Å²) in [6.07, 6.45) is -0.566. The summed E-state index contributed by atoms with van der Waals surface area (Å²) in [5.41, 5.74) is 0.530. The molecule has 0 bridgehead atoms. The van der Waals surface area contributed by atoms with Gasteiger partial charge >= 0.3 is 5.97 Å². The number of ether oxygens (including phenoxy) is 2. The molecule has 0 saturated carbocycles. The predicted octanol–water partition coefficient (Wildman–Crippen LogP) is -0.0382. The molecule has 3 N–H and O–H groups in total. The Morgan fingerprint density at radius 3 is 2.73 bits per heavy atom. The fraction of sp³-hybridized carbons (Fsp3) is 0.412. The Hall–Kier alpha value is -3.10. The minimum Gasteiger partial charge on any atom is -0.478 e. The highest BCUT2D eigenvalue weighted by molar-refractivity contribution is 5.99. The first-order chi connectivity index (χ1) is 12.5. The van der Waals surface area contributed by atoms with Gasteiger partial charge in [-0.05, 0) is 18.6 Å². The van der Waals surface area contributed by atoms with Crippen molar-refractivity contribution in [2.24, 2.45) is 0 Å². The number of esters is 1. The van der Waals surface area contributed by atoms with Gasteiger partial charge in [0, 0.05) is 6.54 Å². The number of carbonyl (C=O) groups is 4. The molecule has 0 fully saturated rings. The smallest absolute Gasteiger partial charge is 0.310 e. The molecule has 0 aromatic heterocycles. The number of anilines is 1. The van der Waals surface area contributed by atoms with Crippen molar-refractivity contribution in [2.75, 3.05) is 25.0 Å². The Kier molecular flexibility index (Phi) is 6.95. The fourth-order valence-electron chi connectivity index (χ4n) is 2.14. The second-order valence-corrected chi connectivity index (χ2v) is 5.58. The highest BCUT2D eigenvalue weighted by Gasteiger charge is 2.30. The van der Waals surface area contributed by atoms with E-state index in [1.807, 2.05) is 6.92 Å². The molecule has 0 radical (unpaired) electrons. The average molecular weight is 363 g/mol. The number of amides is 3. The Bertz CT molecular complexity index is 691. The topological polar surface area (TPSA) is 123 Å². The molecule has 1 aromatic carbocycles. The minimum atomic E-state index is -1.03. The molecule has 1 aliphatic heterocycles. The first kappa shape index (κ1) is 19.2. The summed E-state index contributed by atoms with van der Waals surface area (Å²) in [7, 11) is 0. The van der Waals surface area contributed by atoms with E-state index in [1.165, 1.54) is 0 Å². The molecule has 0 unspecified atom stereocenters. The van der Waals surface area contributed by atoms with E-state index in [-0.39, 0.29) is 18.9 Å². The van der Waals surface area contributed by atoms with E-state index in [0.29, 0.717) is 18.0 Å². The van der Waals surface area contributed by atoms with E-state index in [2.05, 4.69) is 16.0 Å². The van der Waals surface area contributed by atoms with Crippen LogP contribution in [0.4, 0.5) is 5.69 Å². The van der Waals surface area contributed by atoms with Crippen LogP contribution in [0.25, 0.3) is 0 Å².